The summed E-state index contributed by atoms with van der Waals surface area (Å²) in [6.45, 7) is 1.94. The average molecular weight is 439 g/mol. The van der Waals surface area contributed by atoms with Crippen molar-refractivity contribution in [2.45, 2.75) is 25.6 Å². The lowest BCUT2D eigenvalue weighted by Gasteiger charge is -2.29. The maximum Gasteiger partial charge on any atom is 0.412 e. The van der Waals surface area contributed by atoms with Gasteiger partial charge >= 0.3 is 18.0 Å². The predicted molar refractivity (Wildman–Crippen MR) is 114 cm³/mol. The number of hydrogen-bond donors (Lipinski definition) is 0. The van der Waals surface area contributed by atoms with Gasteiger partial charge in [-0.3, -0.25) is 4.90 Å². The summed E-state index contributed by atoms with van der Waals surface area (Å²) in [5.74, 6) is -1.45. The van der Waals surface area contributed by atoms with E-state index in [1.54, 1.807) is 31.2 Å². The Morgan fingerprint density at radius 3 is 2.09 bits per heavy atom. The summed E-state index contributed by atoms with van der Waals surface area (Å²) >= 11 is 0. The van der Waals surface area contributed by atoms with E-state index in [1.807, 2.05) is 36.4 Å². The van der Waals surface area contributed by atoms with Crippen molar-refractivity contribution < 1.29 is 33.3 Å². The van der Waals surface area contributed by atoms with Gasteiger partial charge in [-0.1, -0.05) is 60.7 Å². The molecule has 1 heterocycles. The zero-order valence-corrected chi connectivity index (χ0v) is 18.1. The van der Waals surface area contributed by atoms with Crippen LogP contribution in [-0.4, -0.2) is 49.8 Å². The van der Waals surface area contributed by atoms with Gasteiger partial charge in [0.25, 0.3) is 0 Å². The van der Waals surface area contributed by atoms with Crippen LogP contribution in [0.5, 0.6) is 0 Å². The van der Waals surface area contributed by atoms with Crippen LogP contribution >= 0.6 is 0 Å². The molecule has 1 aliphatic heterocycles. The molecule has 2 aromatic carbocycles. The monoisotopic (exact) mass is 439 g/mol. The van der Waals surface area contributed by atoms with Gasteiger partial charge in [0.1, 0.15) is 24.0 Å². The fourth-order valence-electron chi connectivity index (χ4n) is 3.63. The first kappa shape index (κ1) is 22.9. The molecule has 0 saturated carbocycles. The molecule has 2 atom stereocenters. The second kappa shape index (κ2) is 10.5. The fraction of sp³-hybridized carbons (Fsp3) is 0.292. The van der Waals surface area contributed by atoms with E-state index in [1.165, 1.54) is 19.1 Å². The third-order valence-corrected chi connectivity index (χ3v) is 5.00. The molecule has 3 rings (SSSR count). The summed E-state index contributed by atoms with van der Waals surface area (Å²) in [6.07, 6.45) is -0.797. The smallest absolute Gasteiger partial charge is 0.412 e. The Morgan fingerprint density at radius 2 is 1.53 bits per heavy atom. The molecule has 0 spiro atoms. The maximum atomic E-state index is 13.3. The van der Waals surface area contributed by atoms with Crippen LogP contribution in [-0.2, 0) is 35.1 Å². The van der Waals surface area contributed by atoms with E-state index in [-0.39, 0.29) is 24.5 Å². The highest BCUT2D eigenvalue weighted by Gasteiger charge is 2.53. The van der Waals surface area contributed by atoms with E-state index in [4.69, 9.17) is 18.9 Å². The number of amides is 1. The van der Waals surface area contributed by atoms with Gasteiger partial charge in [-0.2, -0.15) is 0 Å². The zero-order valence-electron chi connectivity index (χ0n) is 18.1. The van der Waals surface area contributed by atoms with Gasteiger partial charge in [0.05, 0.1) is 20.8 Å². The lowest BCUT2D eigenvalue weighted by atomic mass is 10.0. The van der Waals surface area contributed by atoms with Crippen molar-refractivity contribution >= 4 is 18.0 Å². The summed E-state index contributed by atoms with van der Waals surface area (Å²) < 4.78 is 21.2. The van der Waals surface area contributed by atoms with Crippen molar-refractivity contribution in [1.82, 2.24) is 4.90 Å². The Labute approximate surface area is 186 Å². The van der Waals surface area contributed by atoms with Crippen LogP contribution in [0, 0.1) is 0 Å². The number of esters is 2. The summed E-state index contributed by atoms with van der Waals surface area (Å²) in [7, 11) is 2.38. The highest BCUT2D eigenvalue weighted by Crippen LogP contribution is 2.43. The van der Waals surface area contributed by atoms with Crippen molar-refractivity contribution in [3.05, 3.63) is 83.1 Å². The lowest BCUT2D eigenvalue weighted by Crippen LogP contribution is -2.45. The number of rotatable bonds is 7. The Bertz CT molecular complexity index is 988. The van der Waals surface area contributed by atoms with Crippen molar-refractivity contribution in [2.24, 2.45) is 0 Å². The molecule has 168 valence electrons. The molecular formula is C24H25NO7. The molecule has 0 saturated heterocycles. The van der Waals surface area contributed by atoms with Gasteiger partial charge < -0.3 is 18.9 Å². The van der Waals surface area contributed by atoms with Crippen molar-refractivity contribution in [3.63, 3.8) is 0 Å². The molecule has 32 heavy (non-hydrogen) atoms. The first-order valence-electron chi connectivity index (χ1n) is 10.1. The summed E-state index contributed by atoms with van der Waals surface area (Å²) in [4.78, 5) is 40.0. The van der Waals surface area contributed by atoms with Gasteiger partial charge in [-0.25, -0.2) is 14.4 Å². The molecule has 0 aliphatic carbocycles. The first-order chi connectivity index (χ1) is 15.5. The molecule has 0 bridgehead atoms. The van der Waals surface area contributed by atoms with E-state index >= 15 is 0 Å². The van der Waals surface area contributed by atoms with Gasteiger partial charge in [0.15, 0.2) is 6.04 Å². The minimum absolute atomic E-state index is 0.0108. The molecule has 0 aromatic heterocycles. The first-order valence-corrected chi connectivity index (χ1v) is 10.1. The molecule has 0 N–H and O–H groups in total. The third kappa shape index (κ3) is 4.59. The van der Waals surface area contributed by atoms with Crippen molar-refractivity contribution in [1.29, 1.82) is 0 Å². The second-order valence-electron chi connectivity index (χ2n) is 6.89. The summed E-state index contributed by atoms with van der Waals surface area (Å²) in [5, 5.41) is 0. The molecular weight excluding hydrogens is 414 g/mol. The van der Waals surface area contributed by atoms with E-state index in [9.17, 15) is 14.4 Å². The van der Waals surface area contributed by atoms with E-state index in [0.717, 1.165) is 5.56 Å². The Hall–Kier alpha value is -3.81. The van der Waals surface area contributed by atoms with Gasteiger partial charge in [-0.05, 0) is 18.1 Å². The van der Waals surface area contributed by atoms with E-state index < -0.39 is 30.1 Å². The molecule has 0 unspecified atom stereocenters. The molecule has 1 aliphatic rings. The number of carbonyl (C=O) groups excluding carboxylic acids is 3. The minimum atomic E-state index is -1.39. The second-order valence-corrected chi connectivity index (χ2v) is 6.89. The summed E-state index contributed by atoms with van der Waals surface area (Å²) in [5.41, 5.74) is 1.32. The molecule has 2 aromatic rings. The minimum Gasteiger partial charge on any atom is -0.495 e. The largest absolute Gasteiger partial charge is 0.495 e. The number of nitrogens with zero attached hydrogens (tertiary/aromatic N) is 1. The normalized spacial score (nSPS) is 17.7. The quantitative estimate of drug-likeness (QED) is 0.482. The van der Waals surface area contributed by atoms with Crippen LogP contribution in [0.1, 0.15) is 24.1 Å². The van der Waals surface area contributed by atoms with Crippen molar-refractivity contribution in [3.8, 4) is 0 Å². The molecule has 1 amide bonds. The predicted octanol–water partition coefficient (Wildman–Crippen LogP) is 3.39. The van der Waals surface area contributed by atoms with Gasteiger partial charge in [0.2, 0.25) is 0 Å². The van der Waals surface area contributed by atoms with Crippen LogP contribution in [0.15, 0.2) is 72.0 Å². The Morgan fingerprint density at radius 1 is 0.906 bits per heavy atom. The van der Waals surface area contributed by atoms with Crippen LogP contribution in [0.25, 0.3) is 0 Å². The topological polar surface area (TPSA) is 91.4 Å². The highest BCUT2D eigenvalue weighted by atomic mass is 16.6. The van der Waals surface area contributed by atoms with Gasteiger partial charge in [-0.15, -0.1) is 0 Å². The number of hydrogen-bond acceptors (Lipinski definition) is 7. The molecule has 8 heteroatoms. The van der Waals surface area contributed by atoms with E-state index in [2.05, 4.69) is 0 Å². The Kier molecular flexibility index (Phi) is 7.49. The maximum absolute atomic E-state index is 13.3. The van der Waals surface area contributed by atoms with Crippen LogP contribution in [0.4, 0.5) is 4.79 Å². The number of benzene rings is 2. The third-order valence-electron chi connectivity index (χ3n) is 5.00. The number of methoxy groups -OCH3 is 2. The van der Waals surface area contributed by atoms with Crippen LogP contribution in [0.3, 0.4) is 0 Å². The van der Waals surface area contributed by atoms with E-state index in [0.29, 0.717) is 5.56 Å². The fourth-order valence-corrected chi connectivity index (χ4v) is 3.63. The van der Waals surface area contributed by atoms with Crippen molar-refractivity contribution in [2.75, 3.05) is 20.8 Å². The highest BCUT2D eigenvalue weighted by molar-refractivity contribution is 6.01. The van der Waals surface area contributed by atoms with Crippen LogP contribution in [0.2, 0.25) is 0 Å². The number of ether oxygens (including phenoxy) is 4. The lowest BCUT2D eigenvalue weighted by molar-refractivity contribution is -0.147. The number of carbonyl (C=O) groups is 3. The average Bonchev–Trinajstić information content (AvgIpc) is 3.18. The SMILES string of the molecule is CCOC1=C(C(=O)OC)[C@@H](C(=O)OC)N(C(=O)OCc2ccccc2)[C@H]1c1ccccc1. The Balaban J connectivity index is 2.08. The molecule has 0 fully saturated rings. The zero-order chi connectivity index (χ0) is 23.1. The molecule has 0 radical (unpaired) electrons. The summed E-state index contributed by atoms with van der Waals surface area (Å²) in [6, 6.07) is 15.8. The van der Waals surface area contributed by atoms with Crippen LogP contribution < -0.4 is 0 Å². The molecule has 8 nitrogen and oxygen atoms in total. The standard InChI is InChI=1S/C24H25NO7/c1-4-31-21-18(22(26)29-2)20(23(27)30-3)25(19(21)17-13-9-6-10-14-17)24(28)32-15-16-11-7-5-8-12-16/h5-14,19-20H,4,15H2,1-3H3/t19-,20-/m0/s1. The van der Waals surface area contributed by atoms with Gasteiger partial charge in [0, 0.05) is 0 Å².